The molecule has 90 valence electrons. The summed E-state index contributed by atoms with van der Waals surface area (Å²) in [4.78, 5) is 0. The van der Waals surface area contributed by atoms with Crippen molar-refractivity contribution in [1.29, 1.82) is 0 Å². The summed E-state index contributed by atoms with van der Waals surface area (Å²) in [6.45, 7) is 0.308. The largest absolute Gasteiger partial charge is 0.495 e. The van der Waals surface area contributed by atoms with E-state index in [-0.39, 0.29) is 0 Å². The Morgan fingerprint density at radius 2 is 2.00 bits per heavy atom. The maximum absolute atomic E-state index is 6.18. The van der Waals surface area contributed by atoms with Gasteiger partial charge in [-0.1, -0.05) is 23.2 Å². The summed E-state index contributed by atoms with van der Waals surface area (Å²) in [5.74, 6) is 1.21. The second-order valence-corrected chi connectivity index (χ2v) is 4.24. The first-order valence-corrected chi connectivity index (χ1v) is 5.72. The maximum atomic E-state index is 6.18. The summed E-state index contributed by atoms with van der Waals surface area (Å²) in [6, 6.07) is 5.23. The van der Waals surface area contributed by atoms with E-state index in [2.05, 4.69) is 0 Å². The van der Waals surface area contributed by atoms with Gasteiger partial charge in [-0.3, -0.25) is 0 Å². The summed E-state index contributed by atoms with van der Waals surface area (Å²) >= 11 is 12.2. The number of methoxy groups -OCH3 is 1. The van der Waals surface area contributed by atoms with Gasteiger partial charge in [0.1, 0.15) is 11.5 Å². The normalized spacial score (nSPS) is 10.6. The van der Waals surface area contributed by atoms with E-state index in [9.17, 15) is 0 Å². The highest BCUT2D eigenvalue weighted by atomic mass is 35.5. The molecule has 17 heavy (non-hydrogen) atoms. The molecule has 0 radical (unpaired) electrons. The highest BCUT2D eigenvalue weighted by molar-refractivity contribution is 6.36. The molecule has 1 heterocycles. The minimum absolute atomic E-state index is 0.308. The van der Waals surface area contributed by atoms with E-state index in [1.54, 1.807) is 25.5 Å². The van der Waals surface area contributed by atoms with E-state index in [0.29, 0.717) is 28.1 Å². The lowest BCUT2D eigenvalue weighted by Crippen LogP contribution is -1.96. The van der Waals surface area contributed by atoms with E-state index in [0.717, 1.165) is 11.1 Å². The van der Waals surface area contributed by atoms with Gasteiger partial charge in [-0.2, -0.15) is 0 Å². The average Bonchev–Trinajstić information content (AvgIpc) is 2.79. The highest BCUT2D eigenvalue weighted by Gasteiger charge is 2.14. The van der Waals surface area contributed by atoms with E-state index in [4.69, 9.17) is 38.1 Å². The van der Waals surface area contributed by atoms with Gasteiger partial charge in [0.05, 0.1) is 30.0 Å². The summed E-state index contributed by atoms with van der Waals surface area (Å²) in [5, 5.41) is 1.04. The lowest BCUT2D eigenvalue weighted by molar-refractivity contribution is 0.415. The number of rotatable bonds is 3. The van der Waals surface area contributed by atoms with Gasteiger partial charge in [0.15, 0.2) is 0 Å². The Morgan fingerprint density at radius 1 is 1.24 bits per heavy atom. The number of hydrogen-bond donors (Lipinski definition) is 1. The zero-order valence-corrected chi connectivity index (χ0v) is 10.7. The lowest BCUT2D eigenvalue weighted by Gasteiger charge is -2.08. The average molecular weight is 272 g/mol. The quantitative estimate of drug-likeness (QED) is 0.926. The van der Waals surface area contributed by atoms with Crippen LogP contribution < -0.4 is 10.5 Å². The standard InChI is InChI=1S/C12H11Cl2NO2/c1-16-11-5-9(13)8(4-10(11)14)7-2-3-17-12(7)6-15/h2-5H,6,15H2,1H3. The first-order chi connectivity index (χ1) is 8.17. The van der Waals surface area contributed by atoms with Gasteiger partial charge >= 0.3 is 0 Å². The third kappa shape index (κ3) is 2.27. The van der Waals surface area contributed by atoms with Crippen LogP contribution in [-0.2, 0) is 6.54 Å². The monoisotopic (exact) mass is 271 g/mol. The number of ether oxygens (including phenoxy) is 1. The molecule has 0 spiro atoms. The van der Waals surface area contributed by atoms with Crippen LogP contribution in [0.4, 0.5) is 0 Å². The van der Waals surface area contributed by atoms with Crippen LogP contribution >= 0.6 is 23.2 Å². The van der Waals surface area contributed by atoms with Crippen LogP contribution in [-0.4, -0.2) is 7.11 Å². The third-order valence-electron chi connectivity index (χ3n) is 2.46. The number of furan rings is 1. The Labute approximate surface area is 109 Å². The third-order valence-corrected chi connectivity index (χ3v) is 3.07. The molecule has 0 bridgehead atoms. The second-order valence-electron chi connectivity index (χ2n) is 3.43. The van der Waals surface area contributed by atoms with Gasteiger partial charge in [-0.15, -0.1) is 0 Å². The van der Waals surface area contributed by atoms with Crippen LogP contribution in [0.1, 0.15) is 5.76 Å². The van der Waals surface area contributed by atoms with Crippen molar-refractivity contribution in [3.63, 3.8) is 0 Å². The van der Waals surface area contributed by atoms with E-state index >= 15 is 0 Å². The molecule has 0 unspecified atom stereocenters. The van der Waals surface area contributed by atoms with E-state index in [1.807, 2.05) is 6.07 Å². The Hall–Kier alpha value is -1.16. The summed E-state index contributed by atoms with van der Waals surface area (Å²) in [5.41, 5.74) is 7.22. The van der Waals surface area contributed by atoms with Crippen LogP contribution in [0, 0.1) is 0 Å². The minimum atomic E-state index is 0.308. The predicted molar refractivity (Wildman–Crippen MR) is 68.6 cm³/mol. The molecule has 0 aliphatic carbocycles. The molecular formula is C12H11Cl2NO2. The zero-order valence-electron chi connectivity index (χ0n) is 9.17. The summed E-state index contributed by atoms with van der Waals surface area (Å²) in [6.07, 6.45) is 1.58. The van der Waals surface area contributed by atoms with Crippen molar-refractivity contribution in [1.82, 2.24) is 0 Å². The molecule has 0 amide bonds. The topological polar surface area (TPSA) is 48.4 Å². The Balaban J connectivity index is 2.56. The Bertz CT molecular complexity index is 537. The molecule has 1 aromatic heterocycles. The van der Waals surface area contributed by atoms with Crippen molar-refractivity contribution in [3.8, 4) is 16.9 Å². The second kappa shape index (κ2) is 5.00. The van der Waals surface area contributed by atoms with E-state index < -0.39 is 0 Å². The molecule has 0 aliphatic rings. The number of benzene rings is 1. The number of hydrogen-bond acceptors (Lipinski definition) is 3. The molecule has 3 nitrogen and oxygen atoms in total. The molecule has 0 fully saturated rings. The molecule has 0 saturated heterocycles. The van der Waals surface area contributed by atoms with Crippen molar-refractivity contribution >= 4 is 23.2 Å². The molecule has 2 rings (SSSR count). The van der Waals surface area contributed by atoms with Crippen LogP contribution in [0.3, 0.4) is 0 Å². The smallest absolute Gasteiger partial charge is 0.138 e. The van der Waals surface area contributed by atoms with Crippen molar-refractivity contribution in [2.75, 3.05) is 7.11 Å². The minimum Gasteiger partial charge on any atom is -0.495 e. The van der Waals surface area contributed by atoms with Crippen LogP contribution in [0.5, 0.6) is 5.75 Å². The SMILES string of the molecule is COc1cc(Cl)c(-c2ccoc2CN)cc1Cl. The molecule has 0 atom stereocenters. The number of halogens is 2. The molecule has 1 aromatic carbocycles. The first kappa shape index (κ1) is 12.3. The molecule has 5 heteroatoms. The van der Waals surface area contributed by atoms with Crippen LogP contribution in [0.15, 0.2) is 28.9 Å². The van der Waals surface area contributed by atoms with Gasteiger partial charge in [-0.25, -0.2) is 0 Å². The molecule has 0 aliphatic heterocycles. The van der Waals surface area contributed by atoms with E-state index in [1.165, 1.54) is 0 Å². The van der Waals surface area contributed by atoms with Crippen molar-refractivity contribution < 1.29 is 9.15 Å². The zero-order chi connectivity index (χ0) is 12.4. The molecule has 0 saturated carbocycles. The first-order valence-electron chi connectivity index (χ1n) is 4.97. The highest BCUT2D eigenvalue weighted by Crippen LogP contribution is 2.38. The summed E-state index contributed by atoms with van der Waals surface area (Å²) < 4.78 is 10.4. The molecule has 2 aromatic rings. The predicted octanol–water partition coefficient (Wildman–Crippen LogP) is 3.72. The summed E-state index contributed by atoms with van der Waals surface area (Å²) in [7, 11) is 1.54. The van der Waals surface area contributed by atoms with Crippen LogP contribution in [0.2, 0.25) is 10.0 Å². The fourth-order valence-corrected chi connectivity index (χ4v) is 2.13. The van der Waals surface area contributed by atoms with Gasteiger partial charge in [-0.05, 0) is 12.1 Å². The van der Waals surface area contributed by atoms with Crippen LogP contribution in [0.25, 0.3) is 11.1 Å². The fourth-order valence-electron chi connectivity index (χ4n) is 1.63. The van der Waals surface area contributed by atoms with Gasteiger partial charge < -0.3 is 14.9 Å². The Kier molecular flexibility index (Phi) is 3.62. The van der Waals surface area contributed by atoms with Gasteiger partial charge in [0, 0.05) is 17.2 Å². The molecular weight excluding hydrogens is 261 g/mol. The lowest BCUT2D eigenvalue weighted by atomic mass is 10.1. The molecule has 2 N–H and O–H groups in total. The maximum Gasteiger partial charge on any atom is 0.138 e. The van der Waals surface area contributed by atoms with Crippen molar-refractivity contribution in [3.05, 3.63) is 40.3 Å². The Morgan fingerprint density at radius 3 is 2.65 bits per heavy atom. The van der Waals surface area contributed by atoms with Crippen molar-refractivity contribution in [2.45, 2.75) is 6.54 Å². The van der Waals surface area contributed by atoms with Gasteiger partial charge in [0.25, 0.3) is 0 Å². The van der Waals surface area contributed by atoms with Crippen molar-refractivity contribution in [2.24, 2.45) is 5.73 Å². The fraction of sp³-hybridized carbons (Fsp3) is 0.167. The van der Waals surface area contributed by atoms with Gasteiger partial charge in [0.2, 0.25) is 0 Å². The number of nitrogens with two attached hydrogens (primary N) is 1.